The van der Waals surface area contributed by atoms with Gasteiger partial charge in [-0.05, 0) is 57.0 Å². The van der Waals surface area contributed by atoms with Gasteiger partial charge in [-0.25, -0.2) is 4.39 Å². The minimum absolute atomic E-state index is 0.163. The number of likely N-dealkylation sites (tertiary alicyclic amines) is 1. The molecule has 20 heavy (non-hydrogen) atoms. The largest absolute Gasteiger partial charge is 0.307 e. The van der Waals surface area contributed by atoms with Crippen molar-refractivity contribution in [2.75, 3.05) is 13.6 Å². The predicted molar refractivity (Wildman–Crippen MR) is 82.2 cm³/mol. The molecule has 1 N–H and O–H groups in total. The first-order chi connectivity index (χ1) is 9.47. The van der Waals surface area contributed by atoms with Crippen LogP contribution in [0.2, 0.25) is 0 Å². The van der Waals surface area contributed by atoms with E-state index < -0.39 is 0 Å². The van der Waals surface area contributed by atoms with E-state index in [4.69, 9.17) is 0 Å². The zero-order valence-electron chi connectivity index (χ0n) is 13.1. The molecule has 2 rings (SSSR count). The fraction of sp³-hybridized carbons (Fsp3) is 0.647. The summed E-state index contributed by atoms with van der Waals surface area (Å²) in [7, 11) is 2.20. The Morgan fingerprint density at radius 1 is 1.25 bits per heavy atom. The van der Waals surface area contributed by atoms with Crippen molar-refractivity contribution in [3.63, 3.8) is 0 Å². The number of halogens is 1. The van der Waals surface area contributed by atoms with Crippen molar-refractivity contribution in [1.29, 1.82) is 0 Å². The highest BCUT2D eigenvalue weighted by molar-refractivity contribution is 5.20. The maximum absolute atomic E-state index is 13.1. The third-order valence-corrected chi connectivity index (χ3v) is 4.52. The lowest BCUT2D eigenvalue weighted by atomic mass is 9.92. The molecule has 0 aromatic heterocycles. The molecule has 0 aliphatic carbocycles. The predicted octanol–water partition coefficient (Wildman–Crippen LogP) is 3.60. The summed E-state index contributed by atoms with van der Waals surface area (Å²) >= 11 is 0. The first-order valence-electron chi connectivity index (χ1n) is 7.69. The lowest BCUT2D eigenvalue weighted by Crippen LogP contribution is -2.47. The Morgan fingerprint density at radius 2 is 1.90 bits per heavy atom. The molecule has 1 aliphatic rings. The Hall–Kier alpha value is -0.930. The average molecular weight is 278 g/mol. The van der Waals surface area contributed by atoms with Gasteiger partial charge in [-0.15, -0.1) is 0 Å². The molecule has 112 valence electrons. The van der Waals surface area contributed by atoms with Gasteiger partial charge >= 0.3 is 0 Å². The average Bonchev–Trinajstić information content (AvgIpc) is 2.41. The molecule has 0 saturated carbocycles. The second-order valence-corrected chi connectivity index (χ2v) is 6.49. The van der Waals surface area contributed by atoms with Crippen molar-refractivity contribution in [2.24, 2.45) is 5.92 Å². The van der Waals surface area contributed by atoms with Gasteiger partial charge in [-0.3, -0.25) is 0 Å². The third kappa shape index (κ3) is 3.80. The quantitative estimate of drug-likeness (QED) is 0.905. The number of piperidine rings is 1. The van der Waals surface area contributed by atoms with Crippen LogP contribution in [0.4, 0.5) is 4.39 Å². The molecule has 0 amide bonds. The van der Waals surface area contributed by atoms with Gasteiger partial charge in [0.05, 0.1) is 0 Å². The standard InChI is InChI=1S/C17H27FN2/c1-12(2)17(14-5-7-15(18)8-6-14)19-16-9-10-20(4)13(3)11-16/h5-8,12-13,16-17,19H,9-11H2,1-4H3. The minimum Gasteiger partial charge on any atom is -0.307 e. The number of nitrogens with one attached hydrogen (secondary N) is 1. The van der Waals surface area contributed by atoms with Crippen LogP contribution in [0.5, 0.6) is 0 Å². The maximum atomic E-state index is 13.1. The van der Waals surface area contributed by atoms with Crippen molar-refractivity contribution in [1.82, 2.24) is 10.2 Å². The molecule has 1 aromatic rings. The normalized spacial score (nSPS) is 25.9. The summed E-state index contributed by atoms with van der Waals surface area (Å²) in [4.78, 5) is 2.42. The van der Waals surface area contributed by atoms with Gasteiger partial charge in [-0.1, -0.05) is 26.0 Å². The van der Waals surface area contributed by atoms with Crippen LogP contribution in [0.15, 0.2) is 24.3 Å². The second kappa shape index (κ2) is 6.68. The van der Waals surface area contributed by atoms with Gasteiger partial charge in [0.15, 0.2) is 0 Å². The Morgan fingerprint density at radius 3 is 2.45 bits per heavy atom. The van der Waals surface area contributed by atoms with E-state index in [-0.39, 0.29) is 5.82 Å². The summed E-state index contributed by atoms with van der Waals surface area (Å²) in [6.45, 7) is 7.88. The maximum Gasteiger partial charge on any atom is 0.123 e. The van der Waals surface area contributed by atoms with E-state index in [9.17, 15) is 4.39 Å². The number of hydrogen-bond acceptors (Lipinski definition) is 2. The molecule has 3 atom stereocenters. The SMILES string of the molecule is CC(C)C(NC1CCN(C)C(C)C1)c1ccc(F)cc1. The lowest BCUT2D eigenvalue weighted by molar-refractivity contribution is 0.157. The molecule has 1 heterocycles. The van der Waals surface area contributed by atoms with E-state index in [1.165, 1.54) is 18.4 Å². The van der Waals surface area contributed by atoms with Gasteiger partial charge < -0.3 is 10.2 Å². The van der Waals surface area contributed by atoms with Crippen LogP contribution in [0.1, 0.15) is 45.2 Å². The number of hydrogen-bond donors (Lipinski definition) is 1. The molecule has 1 aromatic carbocycles. The van der Waals surface area contributed by atoms with Crippen molar-refractivity contribution in [2.45, 2.75) is 51.7 Å². The summed E-state index contributed by atoms with van der Waals surface area (Å²) in [5, 5.41) is 3.79. The summed E-state index contributed by atoms with van der Waals surface area (Å²) in [5.74, 6) is 0.333. The summed E-state index contributed by atoms with van der Waals surface area (Å²) < 4.78 is 13.1. The van der Waals surface area contributed by atoms with Crippen LogP contribution < -0.4 is 5.32 Å². The van der Waals surface area contributed by atoms with Crippen molar-refractivity contribution in [3.8, 4) is 0 Å². The van der Waals surface area contributed by atoms with E-state index in [0.717, 1.165) is 6.54 Å². The highest BCUT2D eigenvalue weighted by Crippen LogP contribution is 2.25. The molecule has 2 nitrogen and oxygen atoms in total. The Kier molecular flexibility index (Phi) is 5.17. The van der Waals surface area contributed by atoms with Crippen LogP contribution in [0.3, 0.4) is 0 Å². The van der Waals surface area contributed by atoms with Gasteiger partial charge in [0.1, 0.15) is 5.82 Å². The van der Waals surface area contributed by atoms with Gasteiger partial charge in [0.2, 0.25) is 0 Å². The van der Waals surface area contributed by atoms with Gasteiger partial charge in [-0.2, -0.15) is 0 Å². The summed E-state index contributed by atoms with van der Waals surface area (Å²) in [6, 6.07) is 8.42. The van der Waals surface area contributed by atoms with E-state index in [0.29, 0.717) is 24.0 Å². The molecule has 1 saturated heterocycles. The van der Waals surface area contributed by atoms with E-state index in [2.05, 4.69) is 38.0 Å². The smallest absolute Gasteiger partial charge is 0.123 e. The van der Waals surface area contributed by atoms with Crippen molar-refractivity contribution in [3.05, 3.63) is 35.6 Å². The van der Waals surface area contributed by atoms with Crippen LogP contribution in [0, 0.1) is 11.7 Å². The Labute approximate surface area is 122 Å². The fourth-order valence-electron chi connectivity index (χ4n) is 3.04. The molecule has 0 bridgehead atoms. The van der Waals surface area contributed by atoms with Gasteiger partial charge in [0, 0.05) is 18.1 Å². The van der Waals surface area contributed by atoms with Gasteiger partial charge in [0.25, 0.3) is 0 Å². The zero-order valence-corrected chi connectivity index (χ0v) is 13.1. The number of nitrogens with zero attached hydrogens (tertiary/aromatic N) is 1. The second-order valence-electron chi connectivity index (χ2n) is 6.49. The Balaban J connectivity index is 2.04. The molecule has 3 unspecified atom stereocenters. The first kappa shape index (κ1) is 15.5. The van der Waals surface area contributed by atoms with Crippen molar-refractivity contribution >= 4 is 0 Å². The van der Waals surface area contributed by atoms with E-state index in [1.807, 2.05) is 12.1 Å². The molecular weight excluding hydrogens is 251 g/mol. The number of benzene rings is 1. The fourth-order valence-corrected chi connectivity index (χ4v) is 3.04. The zero-order chi connectivity index (χ0) is 14.7. The van der Waals surface area contributed by atoms with Crippen molar-refractivity contribution < 1.29 is 4.39 Å². The monoisotopic (exact) mass is 278 g/mol. The molecule has 3 heteroatoms. The highest BCUT2D eigenvalue weighted by Gasteiger charge is 2.26. The van der Waals surface area contributed by atoms with Crippen LogP contribution >= 0.6 is 0 Å². The molecule has 0 radical (unpaired) electrons. The molecule has 1 aliphatic heterocycles. The third-order valence-electron chi connectivity index (χ3n) is 4.52. The minimum atomic E-state index is -0.163. The molecule has 0 spiro atoms. The first-order valence-corrected chi connectivity index (χ1v) is 7.69. The van der Waals surface area contributed by atoms with E-state index >= 15 is 0 Å². The lowest BCUT2D eigenvalue weighted by Gasteiger charge is -2.38. The summed E-state index contributed by atoms with van der Waals surface area (Å²) in [5.41, 5.74) is 1.19. The van der Waals surface area contributed by atoms with Crippen LogP contribution in [0.25, 0.3) is 0 Å². The summed E-state index contributed by atoms with van der Waals surface area (Å²) in [6.07, 6.45) is 2.37. The topological polar surface area (TPSA) is 15.3 Å². The highest BCUT2D eigenvalue weighted by atomic mass is 19.1. The van der Waals surface area contributed by atoms with E-state index in [1.54, 1.807) is 12.1 Å². The Bertz CT molecular complexity index is 416. The van der Waals surface area contributed by atoms with Crippen LogP contribution in [-0.2, 0) is 0 Å². The molecular formula is C17H27FN2. The molecule has 1 fully saturated rings. The van der Waals surface area contributed by atoms with Crippen LogP contribution in [-0.4, -0.2) is 30.6 Å². The number of rotatable bonds is 4.